The Morgan fingerprint density at radius 2 is 2.14 bits per heavy atom. The summed E-state index contributed by atoms with van der Waals surface area (Å²) in [7, 11) is 0. The van der Waals surface area contributed by atoms with Crippen LogP contribution in [0.25, 0.3) is 11.4 Å². The Bertz CT molecular complexity index is 638. The minimum absolute atomic E-state index is 0.0811. The molecular weight excluding hydrogens is 266 g/mol. The Morgan fingerprint density at radius 1 is 1.38 bits per heavy atom. The van der Waals surface area contributed by atoms with Crippen molar-refractivity contribution in [2.75, 3.05) is 0 Å². The van der Waals surface area contributed by atoms with Crippen LogP contribution in [0.5, 0.6) is 0 Å². The molecule has 0 amide bonds. The number of aliphatic carboxylic acids is 1. The second-order valence-corrected chi connectivity index (χ2v) is 5.74. The molecule has 1 fully saturated rings. The highest BCUT2D eigenvalue weighted by atomic mass is 16.4. The van der Waals surface area contributed by atoms with Gasteiger partial charge in [-0.1, -0.05) is 30.3 Å². The van der Waals surface area contributed by atoms with Gasteiger partial charge >= 0.3 is 5.97 Å². The third kappa shape index (κ3) is 2.56. The van der Waals surface area contributed by atoms with Crippen molar-refractivity contribution in [3.8, 4) is 11.4 Å². The van der Waals surface area contributed by atoms with E-state index >= 15 is 0 Å². The summed E-state index contributed by atoms with van der Waals surface area (Å²) < 4.78 is 2.07. The van der Waals surface area contributed by atoms with E-state index in [1.54, 1.807) is 6.20 Å². The van der Waals surface area contributed by atoms with Crippen molar-refractivity contribution in [1.29, 1.82) is 0 Å². The van der Waals surface area contributed by atoms with E-state index in [9.17, 15) is 9.90 Å². The Labute approximate surface area is 123 Å². The van der Waals surface area contributed by atoms with E-state index < -0.39 is 11.5 Å². The normalized spacial score (nSPS) is 25.7. The average Bonchev–Trinajstić information content (AvgIpc) is 2.97. The molecule has 1 aromatic heterocycles. The van der Waals surface area contributed by atoms with Gasteiger partial charge in [-0.2, -0.15) is 0 Å². The number of carboxylic acid groups (broad SMARTS) is 1. The monoisotopic (exact) mass is 285 g/mol. The molecule has 0 aliphatic heterocycles. The summed E-state index contributed by atoms with van der Waals surface area (Å²) in [6, 6.07) is 10.0. The second-order valence-electron chi connectivity index (χ2n) is 5.74. The van der Waals surface area contributed by atoms with Crippen LogP contribution in [0.3, 0.4) is 0 Å². The lowest BCUT2D eigenvalue weighted by Gasteiger charge is -2.35. The number of aromatic nitrogens is 2. The molecule has 0 spiro atoms. The van der Waals surface area contributed by atoms with Gasteiger partial charge in [-0.05, 0) is 25.7 Å². The van der Waals surface area contributed by atoms with Crippen LogP contribution in [0.15, 0.2) is 42.7 Å². The first-order valence-electron chi connectivity index (χ1n) is 7.21. The standard InChI is InChI=1S/C16H19N3O2/c17-16(15(20)21)8-4-7-13(11-16)19-10-9-18-14(19)12-5-2-1-3-6-12/h1-3,5-6,9-10,13H,4,7-8,11,17H2,(H,20,21). The van der Waals surface area contributed by atoms with E-state index in [0.717, 1.165) is 24.2 Å². The van der Waals surface area contributed by atoms with Crippen molar-refractivity contribution < 1.29 is 9.90 Å². The first kappa shape index (κ1) is 13.8. The molecule has 21 heavy (non-hydrogen) atoms. The van der Waals surface area contributed by atoms with E-state index in [4.69, 9.17) is 5.73 Å². The predicted molar refractivity (Wildman–Crippen MR) is 79.7 cm³/mol. The van der Waals surface area contributed by atoms with Crippen LogP contribution in [-0.2, 0) is 4.79 Å². The second kappa shape index (κ2) is 5.33. The molecule has 1 aliphatic rings. The van der Waals surface area contributed by atoms with Gasteiger partial charge in [0.1, 0.15) is 11.4 Å². The van der Waals surface area contributed by atoms with Crippen LogP contribution in [0, 0.1) is 0 Å². The minimum Gasteiger partial charge on any atom is -0.480 e. The maximum Gasteiger partial charge on any atom is 0.323 e. The summed E-state index contributed by atoms with van der Waals surface area (Å²) in [5, 5.41) is 9.35. The highest BCUT2D eigenvalue weighted by Gasteiger charge is 2.40. The molecule has 1 aromatic carbocycles. The molecule has 0 bridgehead atoms. The van der Waals surface area contributed by atoms with Crippen LogP contribution in [0.2, 0.25) is 0 Å². The summed E-state index contributed by atoms with van der Waals surface area (Å²) in [6.45, 7) is 0. The number of hydrogen-bond acceptors (Lipinski definition) is 3. The smallest absolute Gasteiger partial charge is 0.323 e. The molecule has 0 radical (unpaired) electrons. The number of carboxylic acids is 1. The number of hydrogen-bond donors (Lipinski definition) is 2. The summed E-state index contributed by atoms with van der Waals surface area (Å²) >= 11 is 0. The van der Waals surface area contributed by atoms with E-state index in [1.807, 2.05) is 36.5 Å². The van der Waals surface area contributed by atoms with E-state index in [1.165, 1.54) is 0 Å². The van der Waals surface area contributed by atoms with Gasteiger partial charge in [-0.15, -0.1) is 0 Å². The summed E-state index contributed by atoms with van der Waals surface area (Å²) in [6.07, 6.45) is 6.41. The first-order chi connectivity index (χ1) is 10.1. The molecule has 3 rings (SSSR count). The van der Waals surface area contributed by atoms with Crippen molar-refractivity contribution in [2.45, 2.75) is 37.3 Å². The van der Waals surface area contributed by atoms with Crippen LogP contribution in [0.1, 0.15) is 31.7 Å². The SMILES string of the molecule is NC1(C(=O)O)CCCC(n2ccnc2-c2ccccc2)C1. The van der Waals surface area contributed by atoms with Crippen LogP contribution < -0.4 is 5.73 Å². The fourth-order valence-electron chi connectivity index (χ4n) is 3.13. The molecule has 5 heteroatoms. The fourth-order valence-corrected chi connectivity index (χ4v) is 3.13. The van der Waals surface area contributed by atoms with Gasteiger partial charge < -0.3 is 15.4 Å². The number of nitrogens with two attached hydrogens (primary N) is 1. The lowest BCUT2D eigenvalue weighted by atomic mass is 9.79. The van der Waals surface area contributed by atoms with Crippen LogP contribution in [0.4, 0.5) is 0 Å². The Hall–Kier alpha value is -2.14. The van der Waals surface area contributed by atoms with Gasteiger partial charge in [0.15, 0.2) is 0 Å². The topological polar surface area (TPSA) is 81.1 Å². The molecule has 5 nitrogen and oxygen atoms in total. The summed E-state index contributed by atoms with van der Waals surface area (Å²) in [5.41, 5.74) is 5.96. The molecule has 1 saturated carbocycles. The maximum absolute atomic E-state index is 11.4. The number of imidazole rings is 1. The van der Waals surface area contributed by atoms with Crippen molar-refractivity contribution >= 4 is 5.97 Å². The van der Waals surface area contributed by atoms with Gasteiger partial charge in [0.05, 0.1) is 0 Å². The molecule has 0 saturated heterocycles. The Balaban J connectivity index is 1.92. The predicted octanol–water partition coefficient (Wildman–Crippen LogP) is 2.45. The van der Waals surface area contributed by atoms with E-state index in [0.29, 0.717) is 12.8 Å². The highest BCUT2D eigenvalue weighted by molar-refractivity contribution is 5.78. The number of carbonyl (C=O) groups is 1. The molecule has 2 atom stereocenters. The van der Waals surface area contributed by atoms with E-state index in [2.05, 4.69) is 9.55 Å². The number of rotatable bonds is 3. The number of nitrogens with zero attached hydrogens (tertiary/aromatic N) is 2. The lowest BCUT2D eigenvalue weighted by molar-refractivity contribution is -0.145. The fraction of sp³-hybridized carbons (Fsp3) is 0.375. The third-order valence-electron chi connectivity index (χ3n) is 4.28. The summed E-state index contributed by atoms with van der Waals surface area (Å²) in [4.78, 5) is 15.8. The highest BCUT2D eigenvalue weighted by Crippen LogP contribution is 2.36. The largest absolute Gasteiger partial charge is 0.480 e. The van der Waals surface area contributed by atoms with Gasteiger partial charge in [0.25, 0.3) is 0 Å². The molecule has 1 aliphatic carbocycles. The zero-order chi connectivity index (χ0) is 14.9. The third-order valence-corrected chi connectivity index (χ3v) is 4.28. The van der Waals surface area contributed by atoms with Gasteiger partial charge in [-0.25, -0.2) is 4.98 Å². The van der Waals surface area contributed by atoms with Crippen LogP contribution >= 0.6 is 0 Å². The van der Waals surface area contributed by atoms with Gasteiger partial charge in [-0.3, -0.25) is 4.79 Å². The molecule has 3 N–H and O–H groups in total. The molecular formula is C16H19N3O2. The molecule has 2 aromatic rings. The average molecular weight is 285 g/mol. The molecule has 1 heterocycles. The molecule has 110 valence electrons. The van der Waals surface area contributed by atoms with Gasteiger partial charge in [0.2, 0.25) is 0 Å². The number of benzene rings is 1. The minimum atomic E-state index is -1.12. The summed E-state index contributed by atoms with van der Waals surface area (Å²) in [5.74, 6) is -0.0381. The Morgan fingerprint density at radius 3 is 2.86 bits per heavy atom. The first-order valence-corrected chi connectivity index (χ1v) is 7.21. The lowest BCUT2D eigenvalue weighted by Crippen LogP contribution is -2.51. The van der Waals surface area contributed by atoms with Gasteiger partial charge in [0, 0.05) is 24.0 Å². The van der Waals surface area contributed by atoms with Crippen molar-refractivity contribution in [3.05, 3.63) is 42.7 Å². The zero-order valence-electron chi connectivity index (χ0n) is 11.8. The van der Waals surface area contributed by atoms with Crippen molar-refractivity contribution in [2.24, 2.45) is 5.73 Å². The van der Waals surface area contributed by atoms with Crippen LogP contribution in [-0.4, -0.2) is 26.2 Å². The maximum atomic E-state index is 11.4. The van der Waals surface area contributed by atoms with Crippen molar-refractivity contribution in [1.82, 2.24) is 9.55 Å². The quantitative estimate of drug-likeness (QED) is 0.907. The molecule has 2 unspecified atom stereocenters. The van der Waals surface area contributed by atoms with Crippen molar-refractivity contribution in [3.63, 3.8) is 0 Å². The zero-order valence-corrected chi connectivity index (χ0v) is 11.8. The Kier molecular flexibility index (Phi) is 3.51. The van der Waals surface area contributed by atoms with E-state index in [-0.39, 0.29) is 6.04 Å².